The molecule has 0 radical (unpaired) electrons. The number of carboxylic acids is 1. The fourth-order valence-corrected chi connectivity index (χ4v) is 4.61. The van der Waals surface area contributed by atoms with E-state index in [1.165, 1.54) is 12.3 Å². The Balaban J connectivity index is 1.45. The molecule has 4 fully saturated rings. The van der Waals surface area contributed by atoms with E-state index in [1.54, 1.807) is 6.07 Å². The van der Waals surface area contributed by atoms with E-state index in [-0.39, 0.29) is 45.0 Å². The Labute approximate surface area is 171 Å². The number of rotatable bonds is 6. The van der Waals surface area contributed by atoms with Crippen LogP contribution in [0.5, 0.6) is 0 Å². The summed E-state index contributed by atoms with van der Waals surface area (Å²) >= 11 is 6.44. The molecule has 4 saturated carbocycles. The molecule has 1 aromatic carbocycles. The number of hydrogen-bond donors (Lipinski definition) is 3. The number of pyridine rings is 1. The minimum atomic E-state index is -1.18. The van der Waals surface area contributed by atoms with Crippen molar-refractivity contribution in [2.75, 3.05) is 5.32 Å². The normalized spacial score (nSPS) is 24.3. The Hall–Kier alpha value is -2.67. The number of carbonyl (C=O) groups excluding carboxylic acids is 1. The van der Waals surface area contributed by atoms with E-state index in [4.69, 9.17) is 11.6 Å². The van der Waals surface area contributed by atoms with Crippen molar-refractivity contribution in [3.63, 3.8) is 0 Å². The number of carboxylic acid groups (broad SMARTS) is 1. The van der Waals surface area contributed by atoms with E-state index >= 15 is 0 Å². The third-order valence-electron chi connectivity index (χ3n) is 6.18. The summed E-state index contributed by atoms with van der Waals surface area (Å²) in [6.07, 6.45) is 6.22. The van der Waals surface area contributed by atoms with Crippen molar-refractivity contribution in [1.29, 1.82) is 0 Å². The van der Waals surface area contributed by atoms with Crippen LogP contribution in [0.4, 0.5) is 15.9 Å². The maximum absolute atomic E-state index is 14.7. The van der Waals surface area contributed by atoms with Gasteiger partial charge in [-0.2, -0.15) is 0 Å². The first-order chi connectivity index (χ1) is 13.8. The number of anilines is 2. The fraction of sp³-hybridized carbons (Fsp3) is 0.381. The first kappa shape index (κ1) is 18.4. The molecule has 3 N–H and O–H groups in total. The Morgan fingerprint density at radius 1 is 1.24 bits per heavy atom. The van der Waals surface area contributed by atoms with Crippen LogP contribution in [0.3, 0.4) is 0 Å². The molecule has 0 aliphatic heterocycles. The number of aromatic carboxylic acids is 1. The molecule has 6 nitrogen and oxygen atoms in total. The van der Waals surface area contributed by atoms with Gasteiger partial charge in [0.05, 0.1) is 21.8 Å². The van der Waals surface area contributed by atoms with E-state index in [2.05, 4.69) is 15.6 Å². The van der Waals surface area contributed by atoms with Crippen molar-refractivity contribution >= 4 is 35.0 Å². The van der Waals surface area contributed by atoms with Crippen molar-refractivity contribution < 1.29 is 19.1 Å². The smallest absolute Gasteiger partial charge is 0.335 e. The van der Waals surface area contributed by atoms with Gasteiger partial charge in [-0.3, -0.25) is 4.79 Å². The van der Waals surface area contributed by atoms with E-state index in [0.717, 1.165) is 44.1 Å². The van der Waals surface area contributed by atoms with Gasteiger partial charge in [0, 0.05) is 11.7 Å². The van der Waals surface area contributed by atoms with Gasteiger partial charge in [-0.05, 0) is 67.7 Å². The van der Waals surface area contributed by atoms with Crippen LogP contribution in [0.25, 0.3) is 0 Å². The van der Waals surface area contributed by atoms with Crippen LogP contribution in [-0.2, 0) is 0 Å². The molecule has 0 unspecified atom stereocenters. The molecule has 2 bridgehead atoms. The first-order valence-corrected chi connectivity index (χ1v) is 10.0. The van der Waals surface area contributed by atoms with Crippen molar-refractivity contribution in [2.24, 2.45) is 5.92 Å². The molecule has 8 heteroatoms. The zero-order valence-corrected chi connectivity index (χ0v) is 16.2. The second-order valence-electron chi connectivity index (χ2n) is 8.36. The predicted octanol–water partition coefficient (Wildman–Crippen LogP) is 4.48. The summed E-state index contributed by atoms with van der Waals surface area (Å²) in [5.74, 6) is -1.13. The molecule has 1 aromatic heterocycles. The predicted molar refractivity (Wildman–Crippen MR) is 105 cm³/mol. The molecular formula is C21H19ClFN3O3. The second kappa shape index (κ2) is 6.42. The van der Waals surface area contributed by atoms with Crippen molar-refractivity contribution in [3.05, 3.63) is 51.9 Å². The topological polar surface area (TPSA) is 91.3 Å². The number of benzene rings is 1. The van der Waals surface area contributed by atoms with Crippen molar-refractivity contribution in [2.45, 2.75) is 43.6 Å². The molecule has 1 amide bonds. The number of carbonyl (C=O) groups is 2. The highest BCUT2D eigenvalue weighted by atomic mass is 35.5. The van der Waals surface area contributed by atoms with Crippen LogP contribution in [0, 0.1) is 11.7 Å². The number of nitrogens with one attached hydrogen (secondary N) is 2. The lowest BCUT2D eigenvalue weighted by Gasteiger charge is -2.61. The maximum Gasteiger partial charge on any atom is 0.335 e. The van der Waals surface area contributed by atoms with Crippen LogP contribution in [0.1, 0.15) is 64.3 Å². The highest BCUT2D eigenvalue weighted by molar-refractivity contribution is 6.36. The Morgan fingerprint density at radius 3 is 2.55 bits per heavy atom. The zero-order chi connectivity index (χ0) is 20.3. The number of hydrogen-bond acceptors (Lipinski definition) is 4. The van der Waals surface area contributed by atoms with Crippen molar-refractivity contribution in [3.8, 4) is 0 Å². The van der Waals surface area contributed by atoms with Crippen molar-refractivity contribution in [1.82, 2.24) is 10.3 Å². The summed E-state index contributed by atoms with van der Waals surface area (Å²) < 4.78 is 14.7. The standard InChI is InChI=1S/C21H19ClFN3O3/c22-16-13(19(27)26-21-7-10(8-21)9-21)3-4-24-18(16)25-17-14(11-1-2-11)5-12(20(28)29)6-15(17)23/h3-6,10-11H,1-2,7-9H2,(H,24,25)(H,26,27)(H,28,29). The highest BCUT2D eigenvalue weighted by Crippen LogP contribution is 2.57. The maximum atomic E-state index is 14.7. The number of amides is 1. The van der Waals surface area contributed by atoms with Gasteiger partial charge in [0.25, 0.3) is 5.91 Å². The van der Waals surface area contributed by atoms with Crippen LogP contribution in [-0.4, -0.2) is 27.5 Å². The number of halogens is 2. The Morgan fingerprint density at radius 2 is 1.97 bits per heavy atom. The van der Waals surface area contributed by atoms with Crippen LogP contribution in [0.15, 0.2) is 24.4 Å². The molecular weight excluding hydrogens is 397 g/mol. The van der Waals surface area contributed by atoms with E-state index in [9.17, 15) is 19.1 Å². The number of nitrogens with zero attached hydrogens (tertiary/aromatic N) is 1. The summed E-state index contributed by atoms with van der Waals surface area (Å²) in [6, 6.07) is 4.00. The van der Waals surface area contributed by atoms with E-state index in [1.807, 2.05) is 0 Å². The van der Waals surface area contributed by atoms with Crippen LogP contribution < -0.4 is 10.6 Å². The second-order valence-corrected chi connectivity index (χ2v) is 8.74. The lowest BCUT2D eigenvalue weighted by atomic mass is 9.50. The van der Waals surface area contributed by atoms with Gasteiger partial charge in [-0.25, -0.2) is 14.2 Å². The van der Waals surface area contributed by atoms with Crippen LogP contribution >= 0.6 is 11.6 Å². The molecule has 6 rings (SSSR count). The van der Waals surface area contributed by atoms with Gasteiger partial charge in [-0.1, -0.05) is 11.6 Å². The lowest BCUT2D eigenvalue weighted by Crippen LogP contribution is -2.68. The third kappa shape index (κ3) is 3.13. The number of aromatic nitrogens is 1. The zero-order valence-electron chi connectivity index (χ0n) is 15.5. The van der Waals surface area contributed by atoms with Gasteiger partial charge >= 0.3 is 5.97 Å². The Kier molecular flexibility index (Phi) is 4.07. The van der Waals surface area contributed by atoms with E-state index in [0.29, 0.717) is 5.56 Å². The molecule has 4 aliphatic carbocycles. The molecule has 2 aromatic rings. The molecule has 150 valence electrons. The molecule has 1 heterocycles. The molecule has 0 atom stereocenters. The minimum Gasteiger partial charge on any atom is -0.478 e. The summed E-state index contributed by atoms with van der Waals surface area (Å²) in [4.78, 5) is 28.1. The summed E-state index contributed by atoms with van der Waals surface area (Å²) in [7, 11) is 0. The van der Waals surface area contributed by atoms with Gasteiger partial charge in [0.15, 0.2) is 0 Å². The minimum absolute atomic E-state index is 0.0835. The summed E-state index contributed by atoms with van der Waals surface area (Å²) in [5, 5.41) is 15.3. The lowest BCUT2D eigenvalue weighted by molar-refractivity contribution is -0.0438. The molecule has 0 spiro atoms. The summed E-state index contributed by atoms with van der Waals surface area (Å²) in [6.45, 7) is 0. The van der Waals surface area contributed by atoms with Crippen LogP contribution in [0.2, 0.25) is 5.02 Å². The monoisotopic (exact) mass is 415 g/mol. The Bertz CT molecular complexity index is 1040. The SMILES string of the molecule is O=C(O)c1cc(F)c(Nc2nccc(C(=O)NC34CC(C3)C4)c2Cl)c(C2CC2)c1. The quantitative estimate of drug-likeness (QED) is 0.647. The third-order valence-corrected chi connectivity index (χ3v) is 6.56. The molecule has 4 aliphatic rings. The van der Waals surface area contributed by atoms with Gasteiger partial charge in [0.2, 0.25) is 0 Å². The van der Waals surface area contributed by atoms with Gasteiger partial charge in [0.1, 0.15) is 11.6 Å². The molecule has 0 saturated heterocycles. The first-order valence-electron chi connectivity index (χ1n) is 9.66. The summed E-state index contributed by atoms with van der Waals surface area (Å²) in [5.41, 5.74) is 0.845. The average molecular weight is 416 g/mol. The van der Waals surface area contributed by atoms with E-state index < -0.39 is 11.8 Å². The average Bonchev–Trinajstić information content (AvgIpc) is 3.44. The molecule has 29 heavy (non-hydrogen) atoms. The van der Waals surface area contributed by atoms with Gasteiger partial charge in [-0.15, -0.1) is 0 Å². The largest absolute Gasteiger partial charge is 0.478 e. The fourth-order valence-electron chi connectivity index (χ4n) is 4.36. The highest BCUT2D eigenvalue weighted by Gasteiger charge is 2.57. The van der Waals surface area contributed by atoms with Gasteiger partial charge < -0.3 is 15.7 Å².